The molecule has 0 unspecified atom stereocenters. The number of nitrogens with two attached hydrogens (primary N) is 1. The van der Waals surface area contributed by atoms with E-state index >= 15 is 0 Å². The Bertz CT molecular complexity index is 506. The van der Waals surface area contributed by atoms with Gasteiger partial charge in [-0.05, 0) is 30.7 Å². The molecule has 5 heteroatoms. The van der Waals surface area contributed by atoms with Crippen molar-refractivity contribution in [1.29, 1.82) is 0 Å². The van der Waals surface area contributed by atoms with Crippen LogP contribution in [-0.4, -0.2) is 16.7 Å². The van der Waals surface area contributed by atoms with Crippen molar-refractivity contribution in [3.63, 3.8) is 0 Å². The molecule has 0 aliphatic carbocycles. The summed E-state index contributed by atoms with van der Waals surface area (Å²) in [5, 5.41) is 3.87. The van der Waals surface area contributed by atoms with E-state index in [9.17, 15) is 0 Å². The van der Waals surface area contributed by atoms with E-state index in [1.165, 1.54) is 5.56 Å². The van der Waals surface area contributed by atoms with Gasteiger partial charge in [0.25, 0.3) is 0 Å². The Balaban J connectivity index is 1.90. The zero-order chi connectivity index (χ0) is 13.7. The highest BCUT2D eigenvalue weighted by Gasteiger charge is 2.10. The van der Waals surface area contributed by atoms with Crippen molar-refractivity contribution in [3.05, 3.63) is 41.5 Å². The van der Waals surface area contributed by atoms with Crippen molar-refractivity contribution in [1.82, 2.24) is 10.1 Å². The van der Waals surface area contributed by atoms with Crippen molar-refractivity contribution in [2.45, 2.75) is 32.8 Å². The minimum absolute atomic E-state index is 0.233. The highest BCUT2D eigenvalue weighted by atomic mass is 16.5. The van der Waals surface area contributed by atoms with Crippen LogP contribution < -0.4 is 10.5 Å². The van der Waals surface area contributed by atoms with Gasteiger partial charge in [0.2, 0.25) is 11.7 Å². The van der Waals surface area contributed by atoms with Crippen LogP contribution in [0.2, 0.25) is 0 Å². The Morgan fingerprint density at radius 3 is 2.58 bits per heavy atom. The summed E-state index contributed by atoms with van der Waals surface area (Å²) in [6.45, 7) is 4.98. The molecule has 0 radical (unpaired) electrons. The van der Waals surface area contributed by atoms with E-state index in [2.05, 4.69) is 10.1 Å². The Morgan fingerprint density at radius 1 is 1.26 bits per heavy atom. The van der Waals surface area contributed by atoms with Gasteiger partial charge in [0.15, 0.2) is 6.61 Å². The molecule has 0 saturated heterocycles. The first-order valence-corrected chi connectivity index (χ1v) is 6.43. The third kappa shape index (κ3) is 3.79. The molecular formula is C14H19N3O2. The number of benzene rings is 1. The maximum Gasteiger partial charge on any atom is 0.229 e. The average molecular weight is 261 g/mol. The van der Waals surface area contributed by atoms with Crippen LogP contribution in [0.25, 0.3) is 0 Å². The SMILES string of the molecule is CC(C)c1nc(COc2ccc(CCN)cc2)no1. The minimum atomic E-state index is 0.233. The molecule has 0 saturated carbocycles. The van der Waals surface area contributed by atoms with Crippen molar-refractivity contribution >= 4 is 0 Å². The summed E-state index contributed by atoms with van der Waals surface area (Å²) in [6.07, 6.45) is 0.878. The van der Waals surface area contributed by atoms with Crippen molar-refractivity contribution in [2.24, 2.45) is 5.73 Å². The smallest absolute Gasteiger partial charge is 0.229 e. The van der Waals surface area contributed by atoms with E-state index in [4.69, 9.17) is 15.0 Å². The molecule has 0 fully saturated rings. The molecule has 1 aromatic carbocycles. The number of hydrogen-bond donors (Lipinski definition) is 1. The molecule has 0 spiro atoms. The fraction of sp³-hybridized carbons (Fsp3) is 0.429. The van der Waals surface area contributed by atoms with Gasteiger partial charge < -0.3 is 15.0 Å². The Labute approximate surface area is 112 Å². The first-order chi connectivity index (χ1) is 9.19. The Hall–Kier alpha value is -1.88. The molecule has 0 aliphatic heterocycles. The van der Waals surface area contributed by atoms with Gasteiger partial charge in [0, 0.05) is 5.92 Å². The summed E-state index contributed by atoms with van der Waals surface area (Å²) < 4.78 is 10.7. The first-order valence-electron chi connectivity index (χ1n) is 6.43. The summed E-state index contributed by atoms with van der Waals surface area (Å²) in [5.41, 5.74) is 6.71. The predicted molar refractivity (Wildman–Crippen MR) is 71.9 cm³/mol. The molecule has 0 amide bonds. The quantitative estimate of drug-likeness (QED) is 0.863. The second-order valence-corrected chi connectivity index (χ2v) is 4.67. The lowest BCUT2D eigenvalue weighted by atomic mass is 10.1. The highest BCUT2D eigenvalue weighted by molar-refractivity contribution is 5.27. The second-order valence-electron chi connectivity index (χ2n) is 4.67. The minimum Gasteiger partial charge on any atom is -0.485 e. The van der Waals surface area contributed by atoms with Crippen molar-refractivity contribution < 1.29 is 9.26 Å². The molecular weight excluding hydrogens is 242 g/mol. The zero-order valence-corrected chi connectivity index (χ0v) is 11.3. The van der Waals surface area contributed by atoms with Gasteiger partial charge in [-0.3, -0.25) is 0 Å². The van der Waals surface area contributed by atoms with E-state index in [0.29, 0.717) is 24.9 Å². The normalized spacial score (nSPS) is 10.9. The molecule has 19 heavy (non-hydrogen) atoms. The molecule has 0 bridgehead atoms. The maximum absolute atomic E-state index is 5.60. The maximum atomic E-state index is 5.60. The highest BCUT2D eigenvalue weighted by Crippen LogP contribution is 2.15. The van der Waals surface area contributed by atoms with Crippen LogP contribution >= 0.6 is 0 Å². The summed E-state index contributed by atoms with van der Waals surface area (Å²) in [4.78, 5) is 4.25. The summed E-state index contributed by atoms with van der Waals surface area (Å²) in [5.74, 6) is 2.22. The fourth-order valence-corrected chi connectivity index (χ4v) is 1.63. The van der Waals surface area contributed by atoms with Crippen LogP contribution in [0.15, 0.2) is 28.8 Å². The van der Waals surface area contributed by atoms with Gasteiger partial charge in [-0.15, -0.1) is 0 Å². The van der Waals surface area contributed by atoms with Crippen LogP contribution in [0.5, 0.6) is 5.75 Å². The van der Waals surface area contributed by atoms with Gasteiger partial charge in [-0.2, -0.15) is 4.98 Å². The predicted octanol–water partition coefficient (Wildman–Crippen LogP) is 2.27. The summed E-state index contributed by atoms with van der Waals surface area (Å²) >= 11 is 0. The number of nitrogens with zero attached hydrogens (tertiary/aromatic N) is 2. The molecule has 0 aliphatic rings. The fourth-order valence-electron chi connectivity index (χ4n) is 1.63. The van der Waals surface area contributed by atoms with Crippen molar-refractivity contribution in [2.75, 3.05) is 6.54 Å². The largest absolute Gasteiger partial charge is 0.485 e. The third-order valence-corrected chi connectivity index (χ3v) is 2.70. The van der Waals surface area contributed by atoms with Gasteiger partial charge >= 0.3 is 0 Å². The molecule has 1 heterocycles. The molecule has 2 aromatic rings. The van der Waals surface area contributed by atoms with Crippen molar-refractivity contribution in [3.8, 4) is 5.75 Å². The van der Waals surface area contributed by atoms with E-state index in [1.54, 1.807) is 0 Å². The molecule has 1 aromatic heterocycles. The Morgan fingerprint density at radius 2 is 2.00 bits per heavy atom. The summed E-state index contributed by atoms with van der Waals surface area (Å²) in [7, 11) is 0. The van der Waals surface area contributed by atoms with Gasteiger partial charge in [-0.1, -0.05) is 31.1 Å². The average Bonchev–Trinajstić information content (AvgIpc) is 2.87. The molecule has 5 nitrogen and oxygen atoms in total. The molecule has 2 rings (SSSR count). The lowest BCUT2D eigenvalue weighted by Crippen LogP contribution is -2.02. The van der Waals surface area contributed by atoms with Crippen LogP contribution in [-0.2, 0) is 13.0 Å². The van der Waals surface area contributed by atoms with E-state index in [-0.39, 0.29) is 5.92 Å². The first kappa shape index (κ1) is 13.5. The number of aromatic nitrogens is 2. The van der Waals surface area contributed by atoms with Gasteiger partial charge in [0.1, 0.15) is 5.75 Å². The number of rotatable bonds is 6. The lowest BCUT2D eigenvalue weighted by molar-refractivity contribution is 0.284. The number of ether oxygens (including phenoxy) is 1. The molecule has 0 atom stereocenters. The second kappa shape index (κ2) is 6.33. The van der Waals surface area contributed by atoms with E-state index in [0.717, 1.165) is 12.2 Å². The monoisotopic (exact) mass is 261 g/mol. The zero-order valence-electron chi connectivity index (χ0n) is 11.3. The van der Waals surface area contributed by atoms with Crippen LogP contribution in [0, 0.1) is 0 Å². The molecule has 2 N–H and O–H groups in total. The van der Waals surface area contributed by atoms with E-state index in [1.807, 2.05) is 38.1 Å². The number of hydrogen-bond acceptors (Lipinski definition) is 5. The molecule has 102 valence electrons. The Kier molecular flexibility index (Phi) is 4.52. The summed E-state index contributed by atoms with van der Waals surface area (Å²) in [6, 6.07) is 7.87. The van der Waals surface area contributed by atoms with Gasteiger partial charge in [0.05, 0.1) is 0 Å². The van der Waals surface area contributed by atoms with Crippen LogP contribution in [0.1, 0.15) is 37.0 Å². The van der Waals surface area contributed by atoms with Crippen LogP contribution in [0.4, 0.5) is 0 Å². The lowest BCUT2D eigenvalue weighted by Gasteiger charge is -2.04. The van der Waals surface area contributed by atoms with E-state index < -0.39 is 0 Å². The third-order valence-electron chi connectivity index (χ3n) is 2.70. The topological polar surface area (TPSA) is 74.2 Å². The van der Waals surface area contributed by atoms with Crippen LogP contribution in [0.3, 0.4) is 0 Å². The standard InChI is InChI=1S/C14H19N3O2/c1-10(2)14-16-13(17-19-14)9-18-12-5-3-11(4-6-12)7-8-15/h3-6,10H,7-9,15H2,1-2H3. The van der Waals surface area contributed by atoms with Gasteiger partial charge in [-0.25, -0.2) is 0 Å².